The minimum absolute atomic E-state index is 0.303. The van der Waals surface area contributed by atoms with Crippen molar-refractivity contribution in [3.8, 4) is 0 Å². The van der Waals surface area contributed by atoms with Gasteiger partial charge >= 0.3 is 0 Å². The maximum absolute atomic E-state index is 6.12. The Kier molecular flexibility index (Phi) is 8.12. The fourth-order valence-corrected chi connectivity index (χ4v) is 2.30. The van der Waals surface area contributed by atoms with Crippen molar-refractivity contribution in [2.45, 2.75) is 39.3 Å². The molecule has 0 aromatic heterocycles. The van der Waals surface area contributed by atoms with Crippen LogP contribution < -0.4 is 5.32 Å². The van der Waals surface area contributed by atoms with E-state index >= 15 is 0 Å². The zero-order valence-electron chi connectivity index (χ0n) is 11.3. The Hall–Kier alpha value is 0.01000. The predicted molar refractivity (Wildman–Crippen MR) is 83.5 cm³/mol. The van der Waals surface area contributed by atoms with Crippen LogP contribution in [-0.4, -0.2) is 19.3 Å². The summed E-state index contributed by atoms with van der Waals surface area (Å²) >= 11 is 18.2. The van der Waals surface area contributed by atoms with Gasteiger partial charge in [0.15, 0.2) is 0 Å². The van der Waals surface area contributed by atoms with Gasteiger partial charge in [-0.05, 0) is 45.4 Å². The van der Waals surface area contributed by atoms with Gasteiger partial charge in [-0.3, -0.25) is 0 Å². The lowest BCUT2D eigenvalue weighted by Gasteiger charge is -2.10. The molecule has 0 amide bonds. The monoisotopic (exact) mass is 323 g/mol. The second kappa shape index (κ2) is 9.04. The highest BCUT2D eigenvalue weighted by Crippen LogP contribution is 2.31. The third kappa shape index (κ3) is 6.33. The van der Waals surface area contributed by atoms with Gasteiger partial charge in [-0.25, -0.2) is 0 Å². The van der Waals surface area contributed by atoms with Gasteiger partial charge in [0.05, 0.1) is 16.1 Å². The highest BCUT2D eigenvalue weighted by molar-refractivity contribution is 6.44. The molecule has 0 bridgehead atoms. The van der Waals surface area contributed by atoms with Crippen LogP contribution in [0.4, 0.5) is 0 Å². The first-order chi connectivity index (χ1) is 9.02. The van der Waals surface area contributed by atoms with E-state index in [4.69, 9.17) is 39.5 Å². The molecule has 2 nitrogen and oxygen atoms in total. The molecule has 19 heavy (non-hydrogen) atoms. The SMILES string of the molecule is CC(C)OCCCCNCc1c(Cl)ccc(Cl)c1Cl. The van der Waals surface area contributed by atoms with E-state index in [0.29, 0.717) is 27.7 Å². The quantitative estimate of drug-likeness (QED) is 0.540. The number of ether oxygens (including phenoxy) is 1. The highest BCUT2D eigenvalue weighted by atomic mass is 35.5. The zero-order valence-corrected chi connectivity index (χ0v) is 13.6. The van der Waals surface area contributed by atoms with Crippen molar-refractivity contribution in [1.82, 2.24) is 5.32 Å². The maximum atomic E-state index is 6.12. The van der Waals surface area contributed by atoms with Gasteiger partial charge in [0.25, 0.3) is 0 Å². The number of hydrogen-bond acceptors (Lipinski definition) is 2. The van der Waals surface area contributed by atoms with E-state index in [1.165, 1.54) is 0 Å². The summed E-state index contributed by atoms with van der Waals surface area (Å²) < 4.78 is 5.47. The average molecular weight is 325 g/mol. The number of rotatable bonds is 8. The summed E-state index contributed by atoms with van der Waals surface area (Å²) in [4.78, 5) is 0. The first-order valence-electron chi connectivity index (χ1n) is 6.47. The molecule has 0 saturated carbocycles. The van der Waals surface area contributed by atoms with Crippen LogP contribution >= 0.6 is 34.8 Å². The van der Waals surface area contributed by atoms with Crippen LogP contribution in [-0.2, 0) is 11.3 Å². The number of hydrogen-bond donors (Lipinski definition) is 1. The number of nitrogens with one attached hydrogen (secondary N) is 1. The van der Waals surface area contributed by atoms with Crippen LogP contribution in [0.2, 0.25) is 15.1 Å². The van der Waals surface area contributed by atoms with Crippen LogP contribution in [0.5, 0.6) is 0 Å². The summed E-state index contributed by atoms with van der Waals surface area (Å²) in [5, 5.41) is 5.03. The van der Waals surface area contributed by atoms with Gasteiger partial charge in [-0.15, -0.1) is 0 Å². The van der Waals surface area contributed by atoms with Crippen molar-refractivity contribution in [3.05, 3.63) is 32.8 Å². The van der Waals surface area contributed by atoms with Gasteiger partial charge in [-0.2, -0.15) is 0 Å². The standard InChI is InChI=1S/C14H20Cl3NO/c1-10(2)19-8-4-3-7-18-9-11-12(15)5-6-13(16)14(11)17/h5-6,10,18H,3-4,7-9H2,1-2H3. The van der Waals surface area contributed by atoms with Crippen LogP contribution in [0.3, 0.4) is 0 Å². The number of benzene rings is 1. The fourth-order valence-electron chi connectivity index (χ4n) is 1.62. The van der Waals surface area contributed by atoms with Crippen molar-refractivity contribution in [2.24, 2.45) is 0 Å². The topological polar surface area (TPSA) is 21.3 Å². The predicted octanol–water partition coefficient (Wildman–Crippen LogP) is 4.94. The summed E-state index contributed by atoms with van der Waals surface area (Å²) in [6.07, 6.45) is 2.40. The normalized spacial score (nSPS) is 11.3. The van der Waals surface area contributed by atoms with E-state index in [-0.39, 0.29) is 0 Å². The Morgan fingerprint density at radius 3 is 2.47 bits per heavy atom. The van der Waals surface area contributed by atoms with E-state index in [0.717, 1.165) is 31.6 Å². The van der Waals surface area contributed by atoms with E-state index in [1.54, 1.807) is 12.1 Å². The molecule has 0 spiro atoms. The van der Waals surface area contributed by atoms with E-state index in [2.05, 4.69) is 5.32 Å². The largest absolute Gasteiger partial charge is 0.379 e. The van der Waals surface area contributed by atoms with Gasteiger partial charge < -0.3 is 10.1 Å². The van der Waals surface area contributed by atoms with Crippen molar-refractivity contribution < 1.29 is 4.74 Å². The van der Waals surface area contributed by atoms with Crippen molar-refractivity contribution in [2.75, 3.05) is 13.2 Å². The minimum atomic E-state index is 0.303. The molecule has 1 aromatic carbocycles. The third-order valence-corrected chi connectivity index (χ3v) is 3.84. The molecular formula is C14H20Cl3NO. The number of halogens is 3. The van der Waals surface area contributed by atoms with Gasteiger partial charge in [0.1, 0.15) is 0 Å². The Bertz CT molecular complexity index is 397. The first-order valence-corrected chi connectivity index (χ1v) is 7.60. The molecule has 0 fully saturated rings. The summed E-state index contributed by atoms with van der Waals surface area (Å²) in [7, 11) is 0. The van der Waals surface area contributed by atoms with Crippen molar-refractivity contribution in [1.29, 1.82) is 0 Å². The van der Waals surface area contributed by atoms with E-state index < -0.39 is 0 Å². The molecule has 1 aromatic rings. The second-order valence-electron chi connectivity index (χ2n) is 4.63. The molecule has 5 heteroatoms. The molecule has 0 aliphatic carbocycles. The molecule has 0 heterocycles. The molecule has 0 radical (unpaired) electrons. The van der Waals surface area contributed by atoms with Crippen LogP contribution in [0, 0.1) is 0 Å². The van der Waals surface area contributed by atoms with E-state index in [1.807, 2.05) is 13.8 Å². The molecule has 0 aliphatic rings. The van der Waals surface area contributed by atoms with Crippen LogP contribution in [0.15, 0.2) is 12.1 Å². The second-order valence-corrected chi connectivity index (χ2v) is 5.82. The Balaban J connectivity index is 2.25. The first kappa shape index (κ1) is 17.1. The smallest absolute Gasteiger partial charge is 0.0652 e. The van der Waals surface area contributed by atoms with Gasteiger partial charge in [0, 0.05) is 23.7 Å². The Morgan fingerprint density at radius 2 is 1.79 bits per heavy atom. The van der Waals surface area contributed by atoms with Crippen molar-refractivity contribution in [3.63, 3.8) is 0 Å². The fraction of sp³-hybridized carbons (Fsp3) is 0.571. The van der Waals surface area contributed by atoms with E-state index in [9.17, 15) is 0 Å². The molecular weight excluding hydrogens is 305 g/mol. The third-order valence-electron chi connectivity index (χ3n) is 2.64. The molecule has 1 N–H and O–H groups in total. The summed E-state index contributed by atoms with van der Waals surface area (Å²) in [6.45, 7) is 6.42. The Labute approximate surface area is 130 Å². The lowest BCUT2D eigenvalue weighted by Crippen LogP contribution is -2.16. The molecule has 0 atom stereocenters. The summed E-state index contributed by atoms with van der Waals surface area (Å²) in [6, 6.07) is 3.47. The van der Waals surface area contributed by atoms with Gasteiger partial charge in [-0.1, -0.05) is 34.8 Å². The molecule has 0 aliphatic heterocycles. The highest BCUT2D eigenvalue weighted by Gasteiger charge is 2.08. The summed E-state index contributed by atoms with van der Waals surface area (Å²) in [5.74, 6) is 0. The maximum Gasteiger partial charge on any atom is 0.0652 e. The lowest BCUT2D eigenvalue weighted by atomic mass is 10.2. The number of unbranched alkanes of at least 4 members (excludes halogenated alkanes) is 1. The average Bonchev–Trinajstić information content (AvgIpc) is 2.36. The Morgan fingerprint density at radius 1 is 1.11 bits per heavy atom. The van der Waals surface area contributed by atoms with Crippen LogP contribution in [0.1, 0.15) is 32.3 Å². The molecule has 1 rings (SSSR count). The molecule has 0 unspecified atom stereocenters. The lowest BCUT2D eigenvalue weighted by molar-refractivity contribution is 0.0760. The minimum Gasteiger partial charge on any atom is -0.379 e. The zero-order chi connectivity index (χ0) is 14.3. The summed E-state index contributed by atoms with van der Waals surface area (Å²) in [5.41, 5.74) is 0.856. The molecule has 108 valence electrons. The van der Waals surface area contributed by atoms with Crippen molar-refractivity contribution >= 4 is 34.8 Å². The molecule has 0 saturated heterocycles. The van der Waals surface area contributed by atoms with Crippen LogP contribution in [0.25, 0.3) is 0 Å². The van der Waals surface area contributed by atoms with Gasteiger partial charge in [0.2, 0.25) is 0 Å².